The van der Waals surface area contributed by atoms with Crippen molar-refractivity contribution >= 4 is 22.7 Å². The van der Waals surface area contributed by atoms with Gasteiger partial charge in [0, 0.05) is 41.2 Å². The molecule has 2 aromatic carbocycles. The molecule has 4 aromatic rings. The zero-order chi connectivity index (χ0) is 28.7. The second kappa shape index (κ2) is 10.1. The van der Waals surface area contributed by atoms with Crippen molar-refractivity contribution in [1.29, 1.82) is 5.26 Å². The maximum absolute atomic E-state index is 15.0. The van der Waals surface area contributed by atoms with Gasteiger partial charge in [0.05, 0.1) is 35.7 Å². The number of nitrogens with zero attached hydrogens (tertiary/aromatic N) is 3. The summed E-state index contributed by atoms with van der Waals surface area (Å²) in [6, 6.07) is 8.01. The first kappa shape index (κ1) is 26.9. The molecule has 206 valence electrons. The van der Waals surface area contributed by atoms with E-state index in [-0.39, 0.29) is 59.4 Å². The molecule has 0 saturated carbocycles. The molecule has 0 amide bonds. The number of hydrogen-bond acceptors (Lipinski definition) is 7. The number of aliphatic imine (C=N–C) groups is 1. The van der Waals surface area contributed by atoms with E-state index in [2.05, 4.69) is 20.3 Å². The molecule has 0 bridgehead atoms. The van der Waals surface area contributed by atoms with Crippen LogP contribution in [-0.2, 0) is 10.9 Å². The lowest BCUT2D eigenvalue weighted by Gasteiger charge is -2.30. The second-order valence-corrected chi connectivity index (χ2v) is 9.48. The SMILES string of the molecule is CC1(CO)CN=C(Nc2cc(F)c(Oc3ccnc4[nH]cc(-c5ccc(C#N)c(C(F)(F)F)c5)c34)c(F)c2)OC1. The van der Waals surface area contributed by atoms with Gasteiger partial charge >= 0.3 is 6.18 Å². The van der Waals surface area contributed by atoms with Crippen molar-refractivity contribution < 1.29 is 36.5 Å². The van der Waals surface area contributed by atoms with Crippen LogP contribution in [0.4, 0.5) is 27.6 Å². The zero-order valence-corrected chi connectivity index (χ0v) is 20.7. The number of alkyl halides is 3. The van der Waals surface area contributed by atoms with Crippen LogP contribution in [0.3, 0.4) is 0 Å². The number of halogens is 5. The lowest BCUT2D eigenvalue weighted by atomic mass is 9.93. The molecule has 1 aliphatic rings. The molecular formula is C27H20F5N5O3. The lowest BCUT2D eigenvalue weighted by molar-refractivity contribution is -0.137. The Bertz CT molecular complexity index is 1650. The van der Waals surface area contributed by atoms with Crippen LogP contribution >= 0.6 is 0 Å². The fourth-order valence-corrected chi connectivity index (χ4v) is 4.11. The van der Waals surface area contributed by atoms with Gasteiger partial charge in [0.25, 0.3) is 6.02 Å². The fourth-order valence-electron chi connectivity index (χ4n) is 4.11. The van der Waals surface area contributed by atoms with E-state index >= 15 is 8.78 Å². The number of hydrogen-bond donors (Lipinski definition) is 3. The predicted octanol–water partition coefficient (Wildman–Crippen LogP) is 5.99. The van der Waals surface area contributed by atoms with Gasteiger partial charge in [-0.3, -0.25) is 0 Å². The minimum Gasteiger partial charge on any atom is -0.464 e. The maximum atomic E-state index is 15.0. The minimum atomic E-state index is -4.78. The van der Waals surface area contributed by atoms with Gasteiger partial charge < -0.3 is 24.9 Å². The van der Waals surface area contributed by atoms with Crippen LogP contribution in [0.15, 0.2) is 53.8 Å². The predicted molar refractivity (Wildman–Crippen MR) is 135 cm³/mol. The normalized spacial score (nSPS) is 17.2. The van der Waals surface area contributed by atoms with E-state index in [9.17, 15) is 18.3 Å². The van der Waals surface area contributed by atoms with Gasteiger partial charge in [-0.25, -0.2) is 18.8 Å². The summed E-state index contributed by atoms with van der Waals surface area (Å²) >= 11 is 0. The van der Waals surface area contributed by atoms with Gasteiger partial charge in [-0.2, -0.15) is 18.4 Å². The van der Waals surface area contributed by atoms with Gasteiger partial charge in [0.2, 0.25) is 0 Å². The highest BCUT2D eigenvalue weighted by atomic mass is 19.4. The molecule has 3 heterocycles. The number of amidine groups is 1. The van der Waals surface area contributed by atoms with E-state index in [4.69, 9.17) is 14.7 Å². The molecule has 0 fully saturated rings. The Morgan fingerprint density at radius 3 is 2.58 bits per heavy atom. The van der Waals surface area contributed by atoms with Crippen LogP contribution in [0.2, 0.25) is 0 Å². The van der Waals surface area contributed by atoms with Crippen molar-refractivity contribution in [2.24, 2.45) is 10.4 Å². The Balaban J connectivity index is 1.48. The third-order valence-electron chi connectivity index (χ3n) is 6.30. The minimum absolute atomic E-state index is 0.00632. The summed E-state index contributed by atoms with van der Waals surface area (Å²) in [5.74, 6) is -2.96. The topological polar surface area (TPSA) is 116 Å². The van der Waals surface area contributed by atoms with Crippen molar-refractivity contribution in [3.63, 3.8) is 0 Å². The number of pyridine rings is 1. The number of aliphatic hydroxyl groups excluding tert-OH is 1. The standard InChI is InChI=1S/C27H20F5N5O3/c1-26(12-38)11-36-25(39-13-26)37-16-7-19(28)23(20(29)8-16)40-21-4-5-34-24-22(21)17(10-35-24)14-2-3-15(9-33)18(6-14)27(30,31)32/h2-8,10,38H,11-13H2,1H3,(H,34,35)(H,36,37). The summed E-state index contributed by atoms with van der Waals surface area (Å²) in [4.78, 5) is 11.1. The smallest absolute Gasteiger partial charge is 0.417 e. The Morgan fingerprint density at radius 1 is 1.20 bits per heavy atom. The van der Waals surface area contributed by atoms with Crippen LogP contribution in [0.25, 0.3) is 22.2 Å². The molecule has 0 aliphatic carbocycles. The number of rotatable bonds is 5. The van der Waals surface area contributed by atoms with E-state index in [1.54, 1.807) is 6.92 Å². The van der Waals surface area contributed by atoms with E-state index in [1.807, 2.05) is 0 Å². The average molecular weight is 557 g/mol. The molecule has 1 unspecified atom stereocenters. The Morgan fingerprint density at radius 2 is 1.95 bits per heavy atom. The number of H-pyrrole nitrogens is 1. The monoisotopic (exact) mass is 557 g/mol. The molecule has 13 heteroatoms. The van der Waals surface area contributed by atoms with Crippen molar-refractivity contribution in [1.82, 2.24) is 9.97 Å². The molecule has 1 aliphatic heterocycles. The molecule has 0 radical (unpaired) electrons. The van der Waals surface area contributed by atoms with Crippen LogP contribution in [0.1, 0.15) is 18.1 Å². The number of ether oxygens (including phenoxy) is 2. The summed E-state index contributed by atoms with van der Waals surface area (Å²) < 4.78 is 81.8. The molecular weight excluding hydrogens is 537 g/mol. The Hall–Kier alpha value is -4.70. The highest BCUT2D eigenvalue weighted by molar-refractivity contribution is 5.98. The number of benzene rings is 2. The molecule has 3 N–H and O–H groups in total. The van der Waals surface area contributed by atoms with Gasteiger partial charge in [0.1, 0.15) is 18.0 Å². The molecule has 1 atom stereocenters. The maximum Gasteiger partial charge on any atom is 0.417 e. The Kier molecular flexibility index (Phi) is 6.80. The summed E-state index contributed by atoms with van der Waals surface area (Å²) in [5, 5.41) is 21.4. The molecule has 0 saturated heterocycles. The van der Waals surface area contributed by atoms with Crippen LogP contribution < -0.4 is 10.1 Å². The van der Waals surface area contributed by atoms with Crippen LogP contribution in [-0.4, -0.2) is 40.9 Å². The first-order valence-electron chi connectivity index (χ1n) is 11.8. The summed E-state index contributed by atoms with van der Waals surface area (Å²) in [6.45, 7) is 2.04. The first-order valence-corrected chi connectivity index (χ1v) is 11.8. The van der Waals surface area contributed by atoms with Crippen molar-refractivity contribution in [2.75, 3.05) is 25.1 Å². The van der Waals surface area contributed by atoms with Gasteiger partial charge in [-0.1, -0.05) is 13.0 Å². The summed E-state index contributed by atoms with van der Waals surface area (Å²) in [6.07, 6.45) is -2.08. The highest BCUT2D eigenvalue weighted by Crippen LogP contribution is 2.41. The van der Waals surface area contributed by atoms with E-state index in [1.165, 1.54) is 30.6 Å². The number of aromatic nitrogens is 2. The number of nitriles is 1. The average Bonchev–Trinajstić information content (AvgIpc) is 3.36. The third-order valence-corrected chi connectivity index (χ3v) is 6.30. The highest BCUT2D eigenvalue weighted by Gasteiger charge is 2.34. The molecule has 5 rings (SSSR count). The third kappa shape index (κ3) is 5.13. The van der Waals surface area contributed by atoms with E-state index < -0.39 is 40.1 Å². The zero-order valence-electron chi connectivity index (χ0n) is 20.7. The quantitative estimate of drug-likeness (QED) is 0.260. The Labute approximate surface area is 223 Å². The number of fused-ring (bicyclic) bond motifs is 1. The van der Waals surface area contributed by atoms with Gasteiger partial charge in [-0.05, 0) is 23.8 Å². The van der Waals surface area contributed by atoms with Gasteiger partial charge in [0.15, 0.2) is 17.4 Å². The number of nitrogens with one attached hydrogen (secondary N) is 2. The largest absolute Gasteiger partial charge is 0.464 e. The summed E-state index contributed by atoms with van der Waals surface area (Å²) in [7, 11) is 0. The number of anilines is 1. The number of aliphatic hydroxyl groups is 1. The molecule has 8 nitrogen and oxygen atoms in total. The summed E-state index contributed by atoms with van der Waals surface area (Å²) in [5.41, 5.74) is -1.73. The van der Waals surface area contributed by atoms with Crippen molar-refractivity contribution in [3.8, 4) is 28.7 Å². The first-order chi connectivity index (χ1) is 19.0. The molecule has 2 aromatic heterocycles. The fraction of sp³-hybridized carbons (Fsp3) is 0.222. The second-order valence-electron chi connectivity index (χ2n) is 9.48. The van der Waals surface area contributed by atoms with E-state index in [0.29, 0.717) is 0 Å². The number of aromatic amines is 1. The van der Waals surface area contributed by atoms with Crippen LogP contribution in [0.5, 0.6) is 11.5 Å². The van der Waals surface area contributed by atoms with E-state index in [0.717, 1.165) is 24.3 Å². The van der Waals surface area contributed by atoms with Gasteiger partial charge in [-0.15, -0.1) is 0 Å². The molecule has 40 heavy (non-hydrogen) atoms. The van der Waals surface area contributed by atoms with Crippen LogP contribution in [0, 0.1) is 28.4 Å². The van der Waals surface area contributed by atoms with Crippen molar-refractivity contribution in [3.05, 3.63) is 71.6 Å². The molecule has 0 spiro atoms. The van der Waals surface area contributed by atoms with Crippen molar-refractivity contribution in [2.45, 2.75) is 13.1 Å². The lowest BCUT2D eigenvalue weighted by Crippen LogP contribution is -2.38.